The largest absolute Gasteiger partial charge is 0.479 e. The second-order valence-electron chi connectivity index (χ2n) is 6.31. The zero-order chi connectivity index (χ0) is 19.9. The van der Waals surface area contributed by atoms with Crippen molar-refractivity contribution < 1.29 is 28.5 Å². The number of nitrogens with one attached hydrogen (secondary N) is 1. The first-order valence-electron chi connectivity index (χ1n) is 9.15. The van der Waals surface area contributed by atoms with Crippen LogP contribution in [0, 0.1) is 0 Å². The fraction of sp³-hybridized carbons (Fsp3) is 0.333. The van der Waals surface area contributed by atoms with Crippen LogP contribution in [0.25, 0.3) is 0 Å². The Morgan fingerprint density at radius 2 is 1.86 bits per heavy atom. The molecule has 148 valence electrons. The van der Waals surface area contributed by atoms with Gasteiger partial charge in [-0.25, -0.2) is 4.79 Å². The van der Waals surface area contributed by atoms with Crippen LogP contribution in [0.5, 0.6) is 17.2 Å². The lowest BCUT2D eigenvalue weighted by Gasteiger charge is -2.19. The van der Waals surface area contributed by atoms with E-state index in [4.69, 9.17) is 18.9 Å². The first-order valence-corrected chi connectivity index (χ1v) is 9.15. The van der Waals surface area contributed by atoms with E-state index < -0.39 is 18.2 Å². The fourth-order valence-corrected chi connectivity index (χ4v) is 2.65. The first kappa shape index (κ1) is 19.5. The minimum atomic E-state index is -0.935. The lowest BCUT2D eigenvalue weighted by molar-refractivity contribution is -0.161. The second kappa shape index (κ2) is 9.12. The molecule has 0 aromatic heterocycles. The van der Waals surface area contributed by atoms with Gasteiger partial charge in [-0.3, -0.25) is 4.79 Å². The smallest absolute Gasteiger partial charge is 0.348 e. The monoisotopic (exact) mass is 385 g/mol. The molecule has 0 bridgehead atoms. The van der Waals surface area contributed by atoms with E-state index in [1.54, 1.807) is 24.3 Å². The summed E-state index contributed by atoms with van der Waals surface area (Å²) in [7, 11) is 0. The summed E-state index contributed by atoms with van der Waals surface area (Å²) in [5.41, 5.74) is 0.856. The summed E-state index contributed by atoms with van der Waals surface area (Å²) >= 11 is 0. The highest BCUT2D eigenvalue weighted by molar-refractivity contribution is 5.84. The average molecular weight is 385 g/mol. The molecule has 7 heteroatoms. The van der Waals surface area contributed by atoms with Crippen molar-refractivity contribution in [1.82, 2.24) is 5.32 Å². The molecule has 1 N–H and O–H groups in total. The second-order valence-corrected chi connectivity index (χ2v) is 6.31. The molecule has 0 saturated heterocycles. The van der Waals surface area contributed by atoms with Gasteiger partial charge in [0.1, 0.15) is 5.75 Å². The zero-order valence-electron chi connectivity index (χ0n) is 15.8. The lowest BCUT2D eigenvalue weighted by atomic mass is 10.2. The predicted octanol–water partition coefficient (Wildman–Crippen LogP) is 2.82. The van der Waals surface area contributed by atoms with Crippen LogP contribution >= 0.6 is 0 Å². The summed E-state index contributed by atoms with van der Waals surface area (Å²) in [6, 6.07) is 14.5. The van der Waals surface area contributed by atoms with Gasteiger partial charge in [0.15, 0.2) is 23.7 Å². The van der Waals surface area contributed by atoms with E-state index in [0.29, 0.717) is 23.7 Å². The van der Waals surface area contributed by atoms with Crippen molar-refractivity contribution in [3.05, 3.63) is 54.1 Å². The normalized spacial score (nSPS) is 14.1. The van der Waals surface area contributed by atoms with Crippen molar-refractivity contribution in [2.45, 2.75) is 39.0 Å². The molecule has 1 amide bonds. The molecule has 7 nitrogen and oxygen atoms in total. The Kier molecular flexibility index (Phi) is 6.37. The van der Waals surface area contributed by atoms with E-state index in [1.165, 1.54) is 6.92 Å². The van der Waals surface area contributed by atoms with Crippen molar-refractivity contribution in [2.24, 2.45) is 0 Å². The number of hydrogen-bond acceptors (Lipinski definition) is 6. The molecule has 2 aromatic rings. The lowest BCUT2D eigenvalue weighted by Crippen LogP contribution is -2.39. The summed E-state index contributed by atoms with van der Waals surface area (Å²) in [5.74, 6) is 0.945. The molecule has 0 saturated carbocycles. The van der Waals surface area contributed by atoms with E-state index >= 15 is 0 Å². The number of amides is 1. The topological polar surface area (TPSA) is 83.1 Å². The summed E-state index contributed by atoms with van der Waals surface area (Å²) in [6.45, 7) is 3.83. The number of carbonyl (C=O) groups excluding carboxylic acids is 2. The number of rotatable bonds is 8. The summed E-state index contributed by atoms with van der Waals surface area (Å²) in [6.07, 6.45) is -1.28. The van der Waals surface area contributed by atoms with Crippen LogP contribution in [0.15, 0.2) is 48.5 Å². The summed E-state index contributed by atoms with van der Waals surface area (Å²) < 4.78 is 21.5. The van der Waals surface area contributed by atoms with E-state index in [-0.39, 0.29) is 19.2 Å². The highest BCUT2D eigenvalue weighted by Gasteiger charge is 2.25. The molecule has 1 aliphatic heterocycles. The van der Waals surface area contributed by atoms with Gasteiger partial charge in [0.2, 0.25) is 6.79 Å². The van der Waals surface area contributed by atoms with Crippen molar-refractivity contribution in [3.8, 4) is 17.2 Å². The van der Waals surface area contributed by atoms with Crippen LogP contribution in [0.3, 0.4) is 0 Å². The van der Waals surface area contributed by atoms with Crippen molar-refractivity contribution >= 4 is 11.9 Å². The maximum absolute atomic E-state index is 12.3. The predicted molar refractivity (Wildman–Crippen MR) is 101 cm³/mol. The zero-order valence-corrected chi connectivity index (χ0v) is 15.8. The number of hydrogen-bond donors (Lipinski definition) is 1. The Morgan fingerprint density at radius 1 is 1.11 bits per heavy atom. The maximum atomic E-state index is 12.3. The average Bonchev–Trinajstić information content (AvgIpc) is 3.18. The van der Waals surface area contributed by atoms with Crippen LogP contribution < -0.4 is 19.5 Å². The number of para-hydroxylation sites is 1. The molecule has 28 heavy (non-hydrogen) atoms. The van der Waals surface area contributed by atoms with Crippen LogP contribution in [0.4, 0.5) is 0 Å². The van der Waals surface area contributed by atoms with Gasteiger partial charge >= 0.3 is 5.97 Å². The minimum Gasteiger partial charge on any atom is -0.479 e. The molecule has 0 spiro atoms. The molecule has 3 rings (SSSR count). The number of esters is 1. The van der Waals surface area contributed by atoms with Gasteiger partial charge in [0, 0.05) is 6.54 Å². The molecule has 1 heterocycles. The van der Waals surface area contributed by atoms with Gasteiger partial charge in [-0.1, -0.05) is 31.2 Å². The minimum absolute atomic E-state index is 0.196. The Labute approximate surface area is 163 Å². The third-order valence-corrected chi connectivity index (χ3v) is 4.22. The van der Waals surface area contributed by atoms with Gasteiger partial charge in [0.25, 0.3) is 5.91 Å². The standard InChI is InChI=1S/C21H23NO6/c1-3-17(28-16-7-5-4-6-8-16)21(24)27-14(2)20(23)22-12-15-9-10-18-19(11-15)26-13-25-18/h4-11,14,17H,3,12-13H2,1-2H3,(H,22,23)/t14-,17-/m0/s1. The number of fused-ring (bicyclic) bond motifs is 1. The van der Waals surface area contributed by atoms with Gasteiger partial charge in [-0.15, -0.1) is 0 Å². The summed E-state index contributed by atoms with van der Waals surface area (Å²) in [5, 5.41) is 2.75. The van der Waals surface area contributed by atoms with Crippen LogP contribution in [0.2, 0.25) is 0 Å². The maximum Gasteiger partial charge on any atom is 0.348 e. The molecule has 2 atom stereocenters. The quantitative estimate of drug-likeness (QED) is 0.704. The first-order chi connectivity index (χ1) is 13.6. The van der Waals surface area contributed by atoms with Crippen molar-refractivity contribution in [2.75, 3.05) is 6.79 Å². The SMILES string of the molecule is CC[C@H](Oc1ccccc1)C(=O)O[C@@H](C)C(=O)NCc1ccc2c(c1)OCO2. The van der Waals surface area contributed by atoms with Gasteiger partial charge in [0.05, 0.1) is 0 Å². The Morgan fingerprint density at radius 3 is 2.61 bits per heavy atom. The number of ether oxygens (including phenoxy) is 4. The fourth-order valence-electron chi connectivity index (χ4n) is 2.65. The van der Waals surface area contributed by atoms with Gasteiger partial charge in [-0.2, -0.15) is 0 Å². The van der Waals surface area contributed by atoms with E-state index in [9.17, 15) is 9.59 Å². The van der Waals surface area contributed by atoms with Gasteiger partial charge in [-0.05, 0) is 43.2 Å². The molecular formula is C21H23NO6. The van der Waals surface area contributed by atoms with Crippen LogP contribution in [-0.2, 0) is 20.9 Å². The van der Waals surface area contributed by atoms with Gasteiger partial charge < -0.3 is 24.3 Å². The molecule has 1 aliphatic rings. The molecular weight excluding hydrogens is 362 g/mol. The third kappa shape index (κ3) is 4.94. The van der Waals surface area contributed by atoms with Crippen LogP contribution in [-0.4, -0.2) is 30.9 Å². The summed E-state index contributed by atoms with van der Waals surface area (Å²) in [4.78, 5) is 24.6. The molecule has 0 radical (unpaired) electrons. The van der Waals surface area contributed by atoms with Crippen molar-refractivity contribution in [3.63, 3.8) is 0 Å². The van der Waals surface area contributed by atoms with Crippen molar-refractivity contribution in [1.29, 1.82) is 0 Å². The Balaban J connectivity index is 1.49. The number of carbonyl (C=O) groups is 2. The highest BCUT2D eigenvalue weighted by atomic mass is 16.7. The number of benzene rings is 2. The molecule has 2 aromatic carbocycles. The highest BCUT2D eigenvalue weighted by Crippen LogP contribution is 2.32. The molecule has 0 unspecified atom stereocenters. The van der Waals surface area contributed by atoms with E-state index in [2.05, 4.69) is 5.32 Å². The van der Waals surface area contributed by atoms with Crippen LogP contribution in [0.1, 0.15) is 25.8 Å². The third-order valence-electron chi connectivity index (χ3n) is 4.22. The molecule has 0 aliphatic carbocycles. The van der Waals surface area contributed by atoms with E-state index in [0.717, 1.165) is 5.56 Å². The van der Waals surface area contributed by atoms with E-state index in [1.807, 2.05) is 31.2 Å². The Bertz CT molecular complexity index is 823. The Hall–Kier alpha value is -3.22. The molecule has 0 fully saturated rings.